The summed E-state index contributed by atoms with van der Waals surface area (Å²) in [7, 11) is 1.39. The predicted molar refractivity (Wildman–Crippen MR) is 70.2 cm³/mol. The van der Waals surface area contributed by atoms with Gasteiger partial charge in [0.2, 0.25) is 6.29 Å². The highest BCUT2D eigenvalue weighted by Gasteiger charge is 2.47. The molecule has 0 saturated carbocycles. The molecular formula is C14H20O6. The number of methoxy groups -OCH3 is 1. The minimum atomic E-state index is -1.27. The van der Waals surface area contributed by atoms with Crippen LogP contribution in [0.5, 0.6) is 5.75 Å². The maximum absolute atomic E-state index is 10.1. The molecule has 1 saturated heterocycles. The summed E-state index contributed by atoms with van der Waals surface area (Å²) in [4.78, 5) is 0. The minimum Gasteiger partial charge on any atom is -0.462 e. The normalized spacial score (nSPS) is 35.5. The lowest BCUT2D eigenvalue weighted by molar-refractivity contribution is -0.290. The SMILES string of the molecule is CO[C@@H]1C(O)C(O)[C@@H](Oc2ccccc2)OC1C(C)O. The van der Waals surface area contributed by atoms with E-state index in [1.165, 1.54) is 14.0 Å². The summed E-state index contributed by atoms with van der Waals surface area (Å²) < 4.78 is 16.1. The van der Waals surface area contributed by atoms with Gasteiger partial charge in [0.1, 0.15) is 30.2 Å². The molecule has 3 N–H and O–H groups in total. The molecular weight excluding hydrogens is 264 g/mol. The second-order valence-electron chi connectivity index (χ2n) is 4.82. The summed E-state index contributed by atoms with van der Waals surface area (Å²) in [6, 6.07) is 8.82. The van der Waals surface area contributed by atoms with Gasteiger partial charge in [-0.05, 0) is 19.1 Å². The van der Waals surface area contributed by atoms with Gasteiger partial charge in [0.15, 0.2) is 0 Å². The van der Waals surface area contributed by atoms with Crippen LogP contribution in [0.4, 0.5) is 0 Å². The van der Waals surface area contributed by atoms with Crippen molar-refractivity contribution in [3.8, 4) is 5.75 Å². The van der Waals surface area contributed by atoms with Gasteiger partial charge in [-0.1, -0.05) is 18.2 Å². The molecule has 1 heterocycles. The Bertz CT molecular complexity index is 409. The van der Waals surface area contributed by atoms with Crippen LogP contribution >= 0.6 is 0 Å². The van der Waals surface area contributed by atoms with Crippen LogP contribution in [-0.2, 0) is 9.47 Å². The lowest BCUT2D eigenvalue weighted by Crippen LogP contribution is -2.62. The van der Waals surface area contributed by atoms with Crippen molar-refractivity contribution < 1.29 is 29.5 Å². The van der Waals surface area contributed by atoms with Gasteiger partial charge in [-0.3, -0.25) is 0 Å². The molecule has 0 radical (unpaired) electrons. The zero-order chi connectivity index (χ0) is 14.7. The van der Waals surface area contributed by atoms with Crippen LogP contribution in [0, 0.1) is 0 Å². The van der Waals surface area contributed by atoms with Crippen molar-refractivity contribution in [2.24, 2.45) is 0 Å². The molecule has 1 aliphatic rings. The molecule has 20 heavy (non-hydrogen) atoms. The Kier molecular flexibility index (Phi) is 4.95. The number of para-hydroxylation sites is 1. The fourth-order valence-electron chi connectivity index (χ4n) is 2.25. The second-order valence-corrected chi connectivity index (χ2v) is 4.82. The summed E-state index contributed by atoms with van der Waals surface area (Å²) >= 11 is 0. The van der Waals surface area contributed by atoms with Crippen LogP contribution in [-0.4, -0.2) is 59.2 Å². The maximum Gasteiger partial charge on any atom is 0.229 e. The van der Waals surface area contributed by atoms with Gasteiger partial charge in [-0.25, -0.2) is 0 Å². The Balaban J connectivity index is 2.13. The van der Waals surface area contributed by atoms with E-state index >= 15 is 0 Å². The van der Waals surface area contributed by atoms with Crippen molar-refractivity contribution in [3.05, 3.63) is 30.3 Å². The summed E-state index contributed by atoms with van der Waals surface area (Å²) in [6.07, 6.45) is -6.02. The summed E-state index contributed by atoms with van der Waals surface area (Å²) in [5.74, 6) is 0.504. The van der Waals surface area contributed by atoms with E-state index in [1.54, 1.807) is 24.3 Å². The van der Waals surface area contributed by atoms with E-state index in [9.17, 15) is 15.3 Å². The van der Waals surface area contributed by atoms with Crippen molar-refractivity contribution in [1.29, 1.82) is 0 Å². The van der Waals surface area contributed by atoms with Gasteiger partial charge >= 0.3 is 0 Å². The highest BCUT2D eigenvalue weighted by atomic mass is 16.7. The zero-order valence-corrected chi connectivity index (χ0v) is 11.4. The Morgan fingerprint density at radius 2 is 1.80 bits per heavy atom. The first-order valence-corrected chi connectivity index (χ1v) is 6.48. The molecule has 4 unspecified atom stereocenters. The van der Waals surface area contributed by atoms with E-state index < -0.39 is 36.8 Å². The molecule has 6 heteroatoms. The van der Waals surface area contributed by atoms with E-state index in [4.69, 9.17) is 14.2 Å². The van der Waals surface area contributed by atoms with Gasteiger partial charge in [0, 0.05) is 7.11 Å². The number of hydrogen-bond acceptors (Lipinski definition) is 6. The molecule has 0 amide bonds. The van der Waals surface area contributed by atoms with Crippen LogP contribution in [0.15, 0.2) is 30.3 Å². The largest absolute Gasteiger partial charge is 0.462 e. The number of hydrogen-bond donors (Lipinski definition) is 3. The molecule has 0 bridgehead atoms. The third-order valence-electron chi connectivity index (χ3n) is 3.32. The Labute approximate surface area is 117 Å². The fourth-order valence-corrected chi connectivity index (χ4v) is 2.25. The van der Waals surface area contributed by atoms with Crippen molar-refractivity contribution in [2.45, 2.75) is 43.7 Å². The molecule has 0 aliphatic carbocycles. The lowest BCUT2D eigenvalue weighted by atomic mass is 9.96. The lowest BCUT2D eigenvalue weighted by Gasteiger charge is -2.42. The molecule has 0 spiro atoms. The number of ether oxygens (including phenoxy) is 3. The van der Waals surface area contributed by atoms with Crippen LogP contribution < -0.4 is 4.74 Å². The van der Waals surface area contributed by atoms with E-state index in [1.807, 2.05) is 6.07 Å². The third kappa shape index (κ3) is 3.11. The Hall–Kier alpha value is -1.18. The van der Waals surface area contributed by atoms with E-state index in [0.29, 0.717) is 5.75 Å². The molecule has 1 aromatic carbocycles. The molecule has 1 aliphatic heterocycles. The Morgan fingerprint density at radius 3 is 2.35 bits per heavy atom. The number of benzene rings is 1. The molecule has 112 valence electrons. The van der Waals surface area contributed by atoms with Crippen LogP contribution in [0.3, 0.4) is 0 Å². The molecule has 0 aromatic heterocycles. The number of aliphatic hydroxyl groups excluding tert-OH is 3. The predicted octanol–water partition coefficient (Wildman–Crippen LogP) is -0.0921. The first-order valence-electron chi connectivity index (χ1n) is 6.48. The van der Waals surface area contributed by atoms with Crippen molar-refractivity contribution in [1.82, 2.24) is 0 Å². The highest BCUT2D eigenvalue weighted by Crippen LogP contribution is 2.27. The monoisotopic (exact) mass is 284 g/mol. The third-order valence-corrected chi connectivity index (χ3v) is 3.32. The highest BCUT2D eigenvalue weighted by molar-refractivity contribution is 5.21. The first-order chi connectivity index (χ1) is 9.54. The van der Waals surface area contributed by atoms with Crippen molar-refractivity contribution in [3.63, 3.8) is 0 Å². The van der Waals surface area contributed by atoms with Gasteiger partial charge in [-0.15, -0.1) is 0 Å². The van der Waals surface area contributed by atoms with Crippen molar-refractivity contribution >= 4 is 0 Å². The summed E-state index contributed by atoms with van der Waals surface area (Å²) in [5.41, 5.74) is 0. The average molecular weight is 284 g/mol. The fraction of sp³-hybridized carbons (Fsp3) is 0.571. The molecule has 1 fully saturated rings. The van der Waals surface area contributed by atoms with Crippen LogP contribution in [0.25, 0.3) is 0 Å². The topological polar surface area (TPSA) is 88.4 Å². The van der Waals surface area contributed by atoms with E-state index in [2.05, 4.69) is 0 Å². The molecule has 6 nitrogen and oxygen atoms in total. The molecule has 1 aromatic rings. The van der Waals surface area contributed by atoms with E-state index in [-0.39, 0.29) is 0 Å². The minimum absolute atomic E-state index is 0.504. The second kappa shape index (κ2) is 6.51. The summed E-state index contributed by atoms with van der Waals surface area (Å²) in [5, 5.41) is 29.8. The first kappa shape index (κ1) is 15.2. The maximum atomic E-state index is 10.1. The summed E-state index contributed by atoms with van der Waals surface area (Å²) in [6.45, 7) is 1.53. The van der Waals surface area contributed by atoms with Crippen molar-refractivity contribution in [2.75, 3.05) is 7.11 Å². The van der Waals surface area contributed by atoms with Gasteiger partial charge in [0.25, 0.3) is 0 Å². The number of aliphatic hydroxyl groups is 3. The van der Waals surface area contributed by atoms with Gasteiger partial charge < -0.3 is 29.5 Å². The molecule has 6 atom stereocenters. The average Bonchev–Trinajstić information content (AvgIpc) is 2.44. The van der Waals surface area contributed by atoms with E-state index in [0.717, 1.165) is 0 Å². The van der Waals surface area contributed by atoms with Crippen LogP contribution in [0.1, 0.15) is 6.92 Å². The zero-order valence-electron chi connectivity index (χ0n) is 11.4. The quantitative estimate of drug-likeness (QED) is 0.716. The molecule has 2 rings (SSSR count). The standard InChI is InChI=1S/C14H20O6/c1-8(15)12-13(18-2)10(16)11(17)14(20-12)19-9-6-4-3-5-7-9/h3-8,10-17H,1-2H3/t8?,10?,11?,12?,13-,14+/m1/s1. The Morgan fingerprint density at radius 1 is 1.15 bits per heavy atom. The van der Waals surface area contributed by atoms with Gasteiger partial charge in [-0.2, -0.15) is 0 Å². The number of rotatable bonds is 4. The van der Waals surface area contributed by atoms with Crippen LogP contribution in [0.2, 0.25) is 0 Å². The van der Waals surface area contributed by atoms with Gasteiger partial charge in [0.05, 0.1) is 6.10 Å². The smallest absolute Gasteiger partial charge is 0.229 e.